The van der Waals surface area contributed by atoms with Gasteiger partial charge in [-0.3, -0.25) is 0 Å². The van der Waals surface area contributed by atoms with E-state index in [2.05, 4.69) is 0 Å². The zero-order valence-electron chi connectivity index (χ0n) is 10.3. The fourth-order valence-corrected chi connectivity index (χ4v) is 2.45. The molecule has 3 N–H and O–H groups in total. The van der Waals surface area contributed by atoms with Crippen molar-refractivity contribution in [1.82, 2.24) is 0 Å². The Balaban J connectivity index is 2.33. The second-order valence-electron chi connectivity index (χ2n) is 4.60. The first-order chi connectivity index (χ1) is 8.09. The summed E-state index contributed by atoms with van der Waals surface area (Å²) in [7, 11) is 3.18. The van der Waals surface area contributed by atoms with Crippen molar-refractivity contribution in [3.63, 3.8) is 0 Å². The van der Waals surface area contributed by atoms with Crippen LogP contribution in [-0.2, 0) is 5.60 Å². The highest BCUT2D eigenvalue weighted by molar-refractivity contribution is 5.44. The molecule has 1 aromatic rings. The van der Waals surface area contributed by atoms with Crippen LogP contribution in [0, 0.1) is 0 Å². The maximum Gasteiger partial charge on any atom is 0.161 e. The van der Waals surface area contributed by atoms with Gasteiger partial charge in [-0.2, -0.15) is 0 Å². The van der Waals surface area contributed by atoms with Crippen molar-refractivity contribution in [2.45, 2.75) is 30.9 Å². The van der Waals surface area contributed by atoms with Gasteiger partial charge in [0.15, 0.2) is 11.5 Å². The molecule has 0 saturated heterocycles. The lowest BCUT2D eigenvalue weighted by atomic mass is 9.91. The Kier molecular flexibility index (Phi) is 3.26. The van der Waals surface area contributed by atoms with Crippen LogP contribution in [-0.4, -0.2) is 25.4 Å². The van der Waals surface area contributed by atoms with Crippen LogP contribution in [0.2, 0.25) is 0 Å². The van der Waals surface area contributed by atoms with Gasteiger partial charge in [0.25, 0.3) is 0 Å². The van der Waals surface area contributed by atoms with E-state index < -0.39 is 5.60 Å². The number of rotatable bonds is 3. The van der Waals surface area contributed by atoms with Crippen molar-refractivity contribution in [2.75, 3.05) is 14.2 Å². The first kappa shape index (κ1) is 12.2. The van der Waals surface area contributed by atoms with Crippen LogP contribution in [0.5, 0.6) is 11.5 Å². The molecule has 0 radical (unpaired) electrons. The fourth-order valence-electron chi connectivity index (χ4n) is 2.45. The van der Waals surface area contributed by atoms with Crippen molar-refractivity contribution < 1.29 is 14.6 Å². The third-order valence-corrected chi connectivity index (χ3v) is 3.45. The third kappa shape index (κ3) is 2.23. The Labute approximate surface area is 101 Å². The maximum absolute atomic E-state index is 10.5. The summed E-state index contributed by atoms with van der Waals surface area (Å²) in [6, 6.07) is 5.60. The lowest BCUT2D eigenvalue weighted by molar-refractivity contribution is 0.0428. The normalized spacial score (nSPS) is 28.1. The molecule has 1 aromatic carbocycles. The zero-order valence-corrected chi connectivity index (χ0v) is 10.3. The standard InChI is InChI=1S/C13H19NO3/c1-16-11-4-3-9(7-12(11)17-2)13(15)6-5-10(14)8-13/h3-4,7,10,15H,5-6,8,14H2,1-2H3. The minimum atomic E-state index is -0.820. The molecule has 17 heavy (non-hydrogen) atoms. The summed E-state index contributed by atoms with van der Waals surface area (Å²) in [6.07, 6.45) is 2.15. The first-order valence-electron chi connectivity index (χ1n) is 5.79. The summed E-state index contributed by atoms with van der Waals surface area (Å²) in [5, 5.41) is 10.5. The van der Waals surface area contributed by atoms with Crippen molar-refractivity contribution >= 4 is 0 Å². The summed E-state index contributed by atoms with van der Waals surface area (Å²) in [5.41, 5.74) is 5.89. The smallest absolute Gasteiger partial charge is 0.161 e. The van der Waals surface area contributed by atoms with Crippen molar-refractivity contribution in [2.24, 2.45) is 5.73 Å². The van der Waals surface area contributed by atoms with Gasteiger partial charge in [0.2, 0.25) is 0 Å². The second kappa shape index (κ2) is 4.55. The van der Waals surface area contributed by atoms with E-state index in [1.165, 1.54) is 0 Å². The lowest BCUT2D eigenvalue weighted by Gasteiger charge is -2.24. The van der Waals surface area contributed by atoms with Gasteiger partial charge < -0.3 is 20.3 Å². The van der Waals surface area contributed by atoms with Gasteiger partial charge in [-0.25, -0.2) is 0 Å². The minimum Gasteiger partial charge on any atom is -0.493 e. The van der Waals surface area contributed by atoms with E-state index in [1.807, 2.05) is 18.2 Å². The van der Waals surface area contributed by atoms with E-state index in [0.717, 1.165) is 12.0 Å². The van der Waals surface area contributed by atoms with E-state index in [0.29, 0.717) is 24.3 Å². The molecule has 94 valence electrons. The number of benzene rings is 1. The second-order valence-corrected chi connectivity index (χ2v) is 4.60. The van der Waals surface area contributed by atoms with Crippen LogP contribution in [0.25, 0.3) is 0 Å². The molecule has 1 aliphatic rings. The van der Waals surface area contributed by atoms with Gasteiger partial charge >= 0.3 is 0 Å². The topological polar surface area (TPSA) is 64.7 Å². The molecule has 2 unspecified atom stereocenters. The highest BCUT2D eigenvalue weighted by Gasteiger charge is 2.37. The van der Waals surface area contributed by atoms with E-state index in [9.17, 15) is 5.11 Å². The zero-order chi connectivity index (χ0) is 12.5. The molecule has 4 nitrogen and oxygen atoms in total. The SMILES string of the molecule is COc1ccc(C2(O)CCC(N)C2)cc1OC. The first-order valence-corrected chi connectivity index (χ1v) is 5.79. The Morgan fingerprint density at radius 2 is 2.00 bits per heavy atom. The van der Waals surface area contributed by atoms with Crippen LogP contribution < -0.4 is 15.2 Å². The molecule has 0 aliphatic heterocycles. The van der Waals surface area contributed by atoms with Crippen molar-refractivity contribution in [3.05, 3.63) is 23.8 Å². The molecular weight excluding hydrogens is 218 g/mol. The summed E-state index contributed by atoms with van der Waals surface area (Å²) in [4.78, 5) is 0. The molecule has 2 rings (SSSR count). The number of ether oxygens (including phenoxy) is 2. The number of hydrogen-bond acceptors (Lipinski definition) is 4. The highest BCUT2D eigenvalue weighted by Crippen LogP contribution is 2.41. The van der Waals surface area contributed by atoms with Crippen LogP contribution >= 0.6 is 0 Å². The van der Waals surface area contributed by atoms with E-state index in [1.54, 1.807) is 14.2 Å². The van der Waals surface area contributed by atoms with Crippen molar-refractivity contribution in [3.8, 4) is 11.5 Å². The monoisotopic (exact) mass is 237 g/mol. The number of aliphatic hydroxyl groups is 1. The average Bonchev–Trinajstić information content (AvgIpc) is 2.69. The summed E-state index contributed by atoms with van der Waals surface area (Å²) in [5.74, 6) is 1.31. The van der Waals surface area contributed by atoms with Gasteiger partial charge in [-0.1, -0.05) is 6.07 Å². The van der Waals surface area contributed by atoms with Crippen LogP contribution in [0.1, 0.15) is 24.8 Å². The number of nitrogens with two attached hydrogens (primary N) is 1. The van der Waals surface area contributed by atoms with Gasteiger partial charge in [0.05, 0.1) is 19.8 Å². The van der Waals surface area contributed by atoms with E-state index in [4.69, 9.17) is 15.2 Å². The summed E-state index contributed by atoms with van der Waals surface area (Å²) in [6.45, 7) is 0. The summed E-state index contributed by atoms with van der Waals surface area (Å²) < 4.78 is 10.4. The quantitative estimate of drug-likeness (QED) is 0.834. The molecule has 4 heteroatoms. The largest absolute Gasteiger partial charge is 0.493 e. The minimum absolute atomic E-state index is 0.0769. The number of hydrogen-bond donors (Lipinski definition) is 2. The molecule has 0 spiro atoms. The molecule has 1 fully saturated rings. The molecule has 0 aromatic heterocycles. The maximum atomic E-state index is 10.5. The predicted octanol–water partition coefficient (Wildman–Crippen LogP) is 1.40. The predicted molar refractivity (Wildman–Crippen MR) is 65.3 cm³/mol. The molecule has 2 atom stereocenters. The third-order valence-electron chi connectivity index (χ3n) is 3.45. The van der Waals surface area contributed by atoms with Gasteiger partial charge in [-0.15, -0.1) is 0 Å². The molecular formula is C13H19NO3. The summed E-state index contributed by atoms with van der Waals surface area (Å²) >= 11 is 0. The van der Waals surface area contributed by atoms with E-state index >= 15 is 0 Å². The Hall–Kier alpha value is -1.26. The highest BCUT2D eigenvalue weighted by atomic mass is 16.5. The Bertz CT molecular complexity index is 408. The average molecular weight is 237 g/mol. The molecule has 0 amide bonds. The van der Waals surface area contributed by atoms with Gasteiger partial charge in [0.1, 0.15) is 0 Å². The van der Waals surface area contributed by atoms with Crippen LogP contribution in [0.15, 0.2) is 18.2 Å². The Morgan fingerprint density at radius 1 is 1.29 bits per heavy atom. The molecule has 0 bridgehead atoms. The molecule has 0 heterocycles. The van der Waals surface area contributed by atoms with Crippen molar-refractivity contribution in [1.29, 1.82) is 0 Å². The van der Waals surface area contributed by atoms with Crippen LogP contribution in [0.3, 0.4) is 0 Å². The number of methoxy groups -OCH3 is 2. The van der Waals surface area contributed by atoms with Gasteiger partial charge in [0, 0.05) is 6.04 Å². The Morgan fingerprint density at radius 3 is 2.53 bits per heavy atom. The fraction of sp³-hybridized carbons (Fsp3) is 0.538. The van der Waals surface area contributed by atoms with Crippen LogP contribution in [0.4, 0.5) is 0 Å². The van der Waals surface area contributed by atoms with E-state index in [-0.39, 0.29) is 6.04 Å². The molecule has 1 aliphatic carbocycles. The lowest BCUT2D eigenvalue weighted by Crippen LogP contribution is -2.25. The van der Waals surface area contributed by atoms with Gasteiger partial charge in [-0.05, 0) is 37.0 Å². The molecule has 1 saturated carbocycles.